The number of rotatable bonds is 6. The van der Waals surface area contributed by atoms with Crippen LogP contribution < -0.4 is 10.1 Å². The molecular formula is C17H21NO2. The minimum Gasteiger partial charge on any atom is -0.497 e. The van der Waals surface area contributed by atoms with E-state index in [0.717, 1.165) is 23.4 Å². The molecule has 0 aliphatic rings. The molecule has 0 saturated heterocycles. The number of hydrogen-bond acceptors (Lipinski definition) is 3. The Balaban J connectivity index is 1.98. The van der Waals surface area contributed by atoms with Gasteiger partial charge < -0.3 is 15.2 Å². The van der Waals surface area contributed by atoms with Crippen molar-refractivity contribution in [3.05, 3.63) is 59.7 Å². The van der Waals surface area contributed by atoms with Gasteiger partial charge in [-0.3, -0.25) is 0 Å². The highest BCUT2D eigenvalue weighted by Crippen LogP contribution is 2.20. The van der Waals surface area contributed by atoms with Crippen molar-refractivity contribution in [3.8, 4) is 5.75 Å². The van der Waals surface area contributed by atoms with Crippen molar-refractivity contribution in [2.45, 2.75) is 19.4 Å². The molecule has 2 aromatic rings. The molecule has 0 radical (unpaired) electrons. The van der Waals surface area contributed by atoms with Crippen LogP contribution in [0.15, 0.2) is 48.5 Å². The third kappa shape index (κ3) is 3.75. The normalized spacial score (nSPS) is 11.9. The minimum atomic E-state index is -0.560. The molecular weight excluding hydrogens is 250 g/mol. The molecule has 2 rings (SSSR count). The summed E-state index contributed by atoms with van der Waals surface area (Å²) in [5, 5.41) is 13.5. The van der Waals surface area contributed by atoms with E-state index in [4.69, 9.17) is 4.74 Å². The lowest BCUT2D eigenvalue weighted by atomic mass is 10.1. The molecule has 1 atom stereocenters. The minimum absolute atomic E-state index is 0.473. The van der Waals surface area contributed by atoms with Gasteiger partial charge in [0.1, 0.15) is 5.75 Å². The van der Waals surface area contributed by atoms with Crippen LogP contribution >= 0.6 is 0 Å². The molecule has 20 heavy (non-hydrogen) atoms. The van der Waals surface area contributed by atoms with Crippen LogP contribution in [0.3, 0.4) is 0 Å². The molecule has 0 heterocycles. The van der Waals surface area contributed by atoms with E-state index in [9.17, 15) is 5.11 Å². The van der Waals surface area contributed by atoms with E-state index >= 15 is 0 Å². The van der Waals surface area contributed by atoms with Crippen molar-refractivity contribution < 1.29 is 9.84 Å². The van der Waals surface area contributed by atoms with Crippen molar-refractivity contribution in [3.63, 3.8) is 0 Å². The van der Waals surface area contributed by atoms with Crippen LogP contribution in [0, 0.1) is 0 Å². The molecule has 3 heteroatoms. The summed E-state index contributed by atoms with van der Waals surface area (Å²) in [6.07, 6.45) is 0.448. The van der Waals surface area contributed by atoms with Gasteiger partial charge in [-0.15, -0.1) is 0 Å². The van der Waals surface area contributed by atoms with Gasteiger partial charge in [0.25, 0.3) is 0 Å². The summed E-state index contributed by atoms with van der Waals surface area (Å²) in [7, 11) is 1.62. The van der Waals surface area contributed by atoms with Crippen LogP contribution in [0.2, 0.25) is 0 Å². The van der Waals surface area contributed by atoms with Crippen molar-refractivity contribution in [1.29, 1.82) is 0 Å². The number of aliphatic hydroxyl groups excluding tert-OH is 1. The van der Waals surface area contributed by atoms with Gasteiger partial charge in [0.15, 0.2) is 0 Å². The predicted octanol–water partition coefficient (Wildman–Crippen LogP) is 3.40. The highest BCUT2D eigenvalue weighted by atomic mass is 16.5. The second-order valence-electron chi connectivity index (χ2n) is 4.73. The van der Waals surface area contributed by atoms with E-state index in [1.54, 1.807) is 7.11 Å². The van der Waals surface area contributed by atoms with Gasteiger partial charge in [-0.2, -0.15) is 0 Å². The van der Waals surface area contributed by atoms with Gasteiger partial charge in [0.2, 0.25) is 0 Å². The molecule has 2 aromatic carbocycles. The SMILES string of the molecule is CCc1cccc(NCC(O)c2cccc(OC)c2)c1. The first-order chi connectivity index (χ1) is 9.72. The lowest BCUT2D eigenvalue weighted by Gasteiger charge is -2.14. The second kappa shape index (κ2) is 6.96. The fourth-order valence-electron chi connectivity index (χ4n) is 2.08. The number of methoxy groups -OCH3 is 1. The number of anilines is 1. The van der Waals surface area contributed by atoms with Crippen LogP contribution in [-0.4, -0.2) is 18.8 Å². The highest BCUT2D eigenvalue weighted by Gasteiger charge is 2.08. The molecule has 0 fully saturated rings. The Morgan fingerprint density at radius 3 is 2.70 bits per heavy atom. The first kappa shape index (κ1) is 14.4. The zero-order valence-corrected chi connectivity index (χ0v) is 12.0. The maximum absolute atomic E-state index is 10.2. The van der Waals surface area contributed by atoms with E-state index in [1.165, 1.54) is 5.56 Å². The summed E-state index contributed by atoms with van der Waals surface area (Å²) in [5.74, 6) is 0.759. The van der Waals surface area contributed by atoms with Crippen molar-refractivity contribution in [1.82, 2.24) is 0 Å². The molecule has 106 valence electrons. The van der Waals surface area contributed by atoms with Gasteiger partial charge in [-0.1, -0.05) is 31.2 Å². The summed E-state index contributed by atoms with van der Waals surface area (Å²) >= 11 is 0. The summed E-state index contributed by atoms with van der Waals surface area (Å²) in [6, 6.07) is 15.8. The second-order valence-corrected chi connectivity index (χ2v) is 4.73. The Labute approximate surface area is 120 Å². The average Bonchev–Trinajstić information content (AvgIpc) is 2.52. The number of ether oxygens (including phenoxy) is 1. The molecule has 1 unspecified atom stereocenters. The number of hydrogen-bond donors (Lipinski definition) is 2. The molecule has 2 N–H and O–H groups in total. The van der Waals surface area contributed by atoms with E-state index < -0.39 is 6.10 Å². The highest BCUT2D eigenvalue weighted by molar-refractivity contribution is 5.46. The Morgan fingerprint density at radius 1 is 1.15 bits per heavy atom. The Kier molecular flexibility index (Phi) is 5.02. The number of benzene rings is 2. The third-order valence-corrected chi connectivity index (χ3v) is 3.31. The van der Waals surface area contributed by atoms with Crippen molar-refractivity contribution >= 4 is 5.69 Å². The summed E-state index contributed by atoms with van der Waals surface area (Å²) in [4.78, 5) is 0. The monoisotopic (exact) mass is 271 g/mol. The zero-order valence-electron chi connectivity index (χ0n) is 12.0. The van der Waals surface area contributed by atoms with Gasteiger partial charge in [-0.25, -0.2) is 0 Å². The Morgan fingerprint density at radius 2 is 1.95 bits per heavy atom. The van der Waals surface area contributed by atoms with E-state index in [1.807, 2.05) is 36.4 Å². The van der Waals surface area contributed by atoms with Gasteiger partial charge in [-0.05, 0) is 41.8 Å². The molecule has 0 spiro atoms. The molecule has 0 bridgehead atoms. The zero-order chi connectivity index (χ0) is 14.4. The quantitative estimate of drug-likeness (QED) is 0.846. The van der Waals surface area contributed by atoms with E-state index in [2.05, 4.69) is 24.4 Å². The largest absolute Gasteiger partial charge is 0.497 e. The van der Waals surface area contributed by atoms with Crippen LogP contribution in [0.1, 0.15) is 24.2 Å². The standard InChI is InChI=1S/C17H21NO2/c1-3-13-6-4-8-15(10-13)18-12-17(19)14-7-5-9-16(11-14)20-2/h4-11,17-19H,3,12H2,1-2H3. The first-order valence-corrected chi connectivity index (χ1v) is 6.87. The molecule has 0 aliphatic carbocycles. The van der Waals surface area contributed by atoms with Gasteiger partial charge in [0, 0.05) is 12.2 Å². The predicted molar refractivity (Wildman–Crippen MR) is 82.3 cm³/mol. The van der Waals surface area contributed by atoms with Crippen LogP contribution in [-0.2, 0) is 6.42 Å². The number of aliphatic hydroxyl groups is 1. The molecule has 0 aromatic heterocycles. The molecule has 3 nitrogen and oxygen atoms in total. The maximum atomic E-state index is 10.2. The topological polar surface area (TPSA) is 41.5 Å². The lowest BCUT2D eigenvalue weighted by molar-refractivity contribution is 0.191. The lowest BCUT2D eigenvalue weighted by Crippen LogP contribution is -2.12. The van der Waals surface area contributed by atoms with Crippen LogP contribution in [0.5, 0.6) is 5.75 Å². The smallest absolute Gasteiger partial charge is 0.119 e. The fraction of sp³-hybridized carbons (Fsp3) is 0.294. The van der Waals surface area contributed by atoms with E-state index in [-0.39, 0.29) is 0 Å². The summed E-state index contributed by atoms with van der Waals surface area (Å²) < 4.78 is 5.17. The Bertz CT molecular complexity index is 554. The van der Waals surface area contributed by atoms with Crippen molar-refractivity contribution in [2.75, 3.05) is 19.0 Å². The first-order valence-electron chi connectivity index (χ1n) is 6.87. The number of aryl methyl sites for hydroxylation is 1. The van der Waals surface area contributed by atoms with Gasteiger partial charge in [0.05, 0.1) is 13.2 Å². The third-order valence-electron chi connectivity index (χ3n) is 3.31. The number of nitrogens with one attached hydrogen (secondary N) is 1. The fourth-order valence-corrected chi connectivity index (χ4v) is 2.08. The van der Waals surface area contributed by atoms with Gasteiger partial charge >= 0.3 is 0 Å². The molecule has 0 amide bonds. The molecule has 0 aliphatic heterocycles. The van der Waals surface area contributed by atoms with Crippen LogP contribution in [0.25, 0.3) is 0 Å². The summed E-state index contributed by atoms with van der Waals surface area (Å²) in [5.41, 5.74) is 3.17. The maximum Gasteiger partial charge on any atom is 0.119 e. The van der Waals surface area contributed by atoms with Crippen LogP contribution in [0.4, 0.5) is 5.69 Å². The van der Waals surface area contributed by atoms with E-state index in [0.29, 0.717) is 6.54 Å². The Hall–Kier alpha value is -2.00. The summed E-state index contributed by atoms with van der Waals surface area (Å²) in [6.45, 7) is 2.60. The average molecular weight is 271 g/mol. The van der Waals surface area contributed by atoms with Crippen molar-refractivity contribution in [2.24, 2.45) is 0 Å². The molecule has 0 saturated carbocycles.